The summed E-state index contributed by atoms with van der Waals surface area (Å²) in [5.74, 6) is -0.258. The Hall–Kier alpha value is -3.17. The first-order valence-corrected chi connectivity index (χ1v) is 6.03. The number of Topliss-reactive ketones (excluding diaryl/α,β-unsaturated/α-hetero) is 1. The molecule has 0 radical (unpaired) electrons. The lowest BCUT2D eigenvalue weighted by molar-refractivity contribution is 0.105. The van der Waals surface area contributed by atoms with E-state index in [9.17, 15) is 4.79 Å². The fourth-order valence-corrected chi connectivity index (χ4v) is 2.48. The molecule has 20 heavy (non-hydrogen) atoms. The number of carbonyl (C=O) groups is 1. The van der Waals surface area contributed by atoms with Gasteiger partial charge in [0.15, 0.2) is 5.78 Å². The van der Waals surface area contributed by atoms with Gasteiger partial charge in [-0.25, -0.2) is 10.1 Å². The second-order valence-corrected chi connectivity index (χ2v) is 4.37. The van der Waals surface area contributed by atoms with E-state index >= 15 is 0 Å². The van der Waals surface area contributed by atoms with Crippen LogP contribution in [0.25, 0.3) is 21.5 Å². The monoisotopic (exact) mass is 256 g/mol. The lowest BCUT2D eigenvalue weighted by Gasteiger charge is -2.21. The van der Waals surface area contributed by atoms with E-state index in [1.54, 1.807) is 24.3 Å². The maximum atomic E-state index is 12.6. The largest absolute Gasteiger partial charge is 0.290 e. The molecule has 3 heteroatoms. The van der Waals surface area contributed by atoms with E-state index < -0.39 is 0 Å². The third kappa shape index (κ3) is 1.55. The lowest BCUT2D eigenvalue weighted by Crippen LogP contribution is -2.12. The first-order valence-electron chi connectivity index (χ1n) is 6.03. The molecule has 0 atom stereocenters. The number of carbonyl (C=O) groups excluding carboxylic acids is 1. The Morgan fingerprint density at radius 2 is 1.45 bits per heavy atom. The van der Waals surface area contributed by atoms with Gasteiger partial charge in [0.25, 0.3) is 5.70 Å². The third-order valence-corrected chi connectivity index (χ3v) is 3.34. The summed E-state index contributed by atoms with van der Waals surface area (Å²) in [6.45, 7) is 7.10. The maximum Gasteiger partial charge on any atom is 0.273 e. The van der Waals surface area contributed by atoms with Crippen LogP contribution in [0.5, 0.6) is 0 Å². The van der Waals surface area contributed by atoms with Crippen LogP contribution >= 0.6 is 0 Å². The average molecular weight is 256 g/mol. The number of ketones is 1. The fourth-order valence-electron chi connectivity index (χ4n) is 2.48. The SMILES string of the molecule is [C-]#[N+]/C(C#N)=C1\C(=O)c2ccccc2-c2ccccc21. The van der Waals surface area contributed by atoms with E-state index in [2.05, 4.69) is 4.85 Å². The first-order chi connectivity index (χ1) is 9.77. The van der Waals surface area contributed by atoms with E-state index in [-0.39, 0.29) is 17.1 Å². The average Bonchev–Trinajstić information content (AvgIpc) is 2.51. The minimum atomic E-state index is -0.258. The molecule has 2 aromatic carbocycles. The minimum Gasteiger partial charge on any atom is -0.290 e. The van der Waals surface area contributed by atoms with Crippen molar-refractivity contribution in [2.45, 2.75) is 0 Å². The predicted octanol–water partition coefficient (Wildman–Crippen LogP) is 3.70. The summed E-state index contributed by atoms with van der Waals surface area (Å²) < 4.78 is 0. The van der Waals surface area contributed by atoms with Crippen LogP contribution in [-0.4, -0.2) is 5.78 Å². The Kier molecular flexibility index (Phi) is 2.67. The van der Waals surface area contributed by atoms with Crippen molar-refractivity contribution in [1.29, 1.82) is 5.26 Å². The molecule has 0 aliphatic heterocycles. The van der Waals surface area contributed by atoms with E-state index in [4.69, 9.17) is 11.8 Å². The van der Waals surface area contributed by atoms with Gasteiger partial charge >= 0.3 is 0 Å². The molecule has 0 heterocycles. The van der Waals surface area contributed by atoms with Crippen LogP contribution in [0.2, 0.25) is 0 Å². The number of benzene rings is 2. The minimum absolute atomic E-state index is 0.156. The second-order valence-electron chi connectivity index (χ2n) is 4.37. The highest BCUT2D eigenvalue weighted by molar-refractivity contribution is 6.35. The lowest BCUT2D eigenvalue weighted by atomic mass is 9.81. The van der Waals surface area contributed by atoms with Crippen molar-refractivity contribution in [3.63, 3.8) is 0 Å². The Morgan fingerprint density at radius 3 is 2.00 bits per heavy atom. The molecule has 0 unspecified atom stereocenters. The van der Waals surface area contributed by atoms with Crippen molar-refractivity contribution in [3.8, 4) is 17.2 Å². The van der Waals surface area contributed by atoms with Gasteiger partial charge in [-0.05, 0) is 16.7 Å². The Labute approximate surface area is 116 Å². The van der Waals surface area contributed by atoms with Crippen LogP contribution in [0.15, 0.2) is 54.2 Å². The van der Waals surface area contributed by atoms with Crippen molar-refractivity contribution in [2.24, 2.45) is 0 Å². The first kappa shape index (κ1) is 11.9. The molecular weight excluding hydrogens is 248 g/mol. The van der Waals surface area contributed by atoms with Crippen LogP contribution in [0.3, 0.4) is 0 Å². The normalized spacial score (nSPS) is 14.6. The molecule has 0 amide bonds. The number of hydrogen-bond donors (Lipinski definition) is 0. The van der Waals surface area contributed by atoms with Crippen LogP contribution in [0.4, 0.5) is 0 Å². The molecule has 92 valence electrons. The summed E-state index contributed by atoms with van der Waals surface area (Å²) in [7, 11) is 0. The van der Waals surface area contributed by atoms with Gasteiger partial charge < -0.3 is 0 Å². The highest BCUT2D eigenvalue weighted by Crippen LogP contribution is 2.40. The molecule has 0 saturated carbocycles. The van der Waals surface area contributed by atoms with E-state index in [0.29, 0.717) is 11.1 Å². The van der Waals surface area contributed by atoms with Gasteiger partial charge in [0.2, 0.25) is 0 Å². The molecule has 1 aliphatic rings. The van der Waals surface area contributed by atoms with Crippen LogP contribution < -0.4 is 0 Å². The summed E-state index contributed by atoms with van der Waals surface area (Å²) in [6, 6.07) is 16.5. The molecule has 3 rings (SSSR count). The topological polar surface area (TPSA) is 45.2 Å². The van der Waals surface area contributed by atoms with Gasteiger partial charge in [0.1, 0.15) is 0 Å². The Morgan fingerprint density at radius 1 is 0.950 bits per heavy atom. The number of nitriles is 1. The quantitative estimate of drug-likeness (QED) is 0.410. The summed E-state index contributed by atoms with van der Waals surface area (Å²) in [5, 5.41) is 9.10. The summed E-state index contributed by atoms with van der Waals surface area (Å²) >= 11 is 0. The van der Waals surface area contributed by atoms with Crippen LogP contribution in [0.1, 0.15) is 15.9 Å². The molecule has 0 aromatic heterocycles. The van der Waals surface area contributed by atoms with Crippen molar-refractivity contribution >= 4 is 11.4 Å². The van der Waals surface area contributed by atoms with Crippen molar-refractivity contribution in [1.82, 2.24) is 0 Å². The second kappa shape index (κ2) is 4.50. The number of rotatable bonds is 0. The molecular formula is C17H8N2O. The van der Waals surface area contributed by atoms with E-state index in [1.165, 1.54) is 0 Å². The van der Waals surface area contributed by atoms with Gasteiger partial charge in [0, 0.05) is 11.1 Å². The molecule has 0 spiro atoms. The number of fused-ring (bicyclic) bond motifs is 3. The molecule has 0 fully saturated rings. The zero-order chi connectivity index (χ0) is 14.1. The molecule has 1 aliphatic carbocycles. The summed E-state index contributed by atoms with van der Waals surface area (Å²) in [5.41, 5.74) is 2.98. The van der Waals surface area contributed by atoms with Crippen LogP contribution in [0, 0.1) is 17.9 Å². The predicted molar refractivity (Wildman–Crippen MR) is 75.3 cm³/mol. The maximum absolute atomic E-state index is 12.6. The van der Waals surface area contributed by atoms with E-state index in [0.717, 1.165) is 11.1 Å². The molecule has 2 aromatic rings. The van der Waals surface area contributed by atoms with Gasteiger partial charge in [-0.3, -0.25) is 4.79 Å². The van der Waals surface area contributed by atoms with E-state index in [1.807, 2.05) is 30.3 Å². The third-order valence-electron chi connectivity index (χ3n) is 3.34. The zero-order valence-electron chi connectivity index (χ0n) is 10.4. The summed E-state index contributed by atoms with van der Waals surface area (Å²) in [6.07, 6.45) is 0. The molecule has 3 nitrogen and oxygen atoms in total. The van der Waals surface area contributed by atoms with Gasteiger partial charge in [-0.15, -0.1) is 0 Å². The standard InChI is InChI=1S/C17H8N2O/c1-19-15(10-18)16-13-8-4-2-6-11(13)12-7-3-5-9-14(12)17(16)20/h2-9H/b16-15-. The fraction of sp³-hybridized carbons (Fsp3) is 0. The highest BCUT2D eigenvalue weighted by Gasteiger charge is 2.29. The number of hydrogen-bond acceptors (Lipinski definition) is 2. The van der Waals surface area contributed by atoms with Gasteiger partial charge in [0.05, 0.1) is 12.6 Å². The Balaban J connectivity index is 2.46. The molecule has 0 N–H and O–H groups in total. The Bertz CT molecular complexity index is 832. The highest BCUT2D eigenvalue weighted by atomic mass is 16.1. The zero-order valence-corrected chi connectivity index (χ0v) is 10.4. The molecule has 0 bridgehead atoms. The van der Waals surface area contributed by atoms with Crippen molar-refractivity contribution in [2.75, 3.05) is 0 Å². The summed E-state index contributed by atoms with van der Waals surface area (Å²) in [4.78, 5) is 15.8. The number of allylic oxidation sites excluding steroid dienone is 2. The van der Waals surface area contributed by atoms with Gasteiger partial charge in [-0.1, -0.05) is 48.5 Å². The molecule has 0 saturated heterocycles. The number of nitrogens with zero attached hydrogens (tertiary/aromatic N) is 2. The van der Waals surface area contributed by atoms with Gasteiger partial charge in [-0.2, -0.15) is 0 Å². The van der Waals surface area contributed by atoms with Crippen molar-refractivity contribution in [3.05, 3.63) is 76.8 Å². The van der Waals surface area contributed by atoms with Crippen LogP contribution in [-0.2, 0) is 0 Å². The smallest absolute Gasteiger partial charge is 0.273 e. The van der Waals surface area contributed by atoms with Crippen molar-refractivity contribution < 1.29 is 4.79 Å².